The Morgan fingerprint density at radius 2 is 2.08 bits per heavy atom. The summed E-state index contributed by atoms with van der Waals surface area (Å²) in [6, 6.07) is 3.11. The molecule has 0 saturated carbocycles. The SMILES string of the molecule is CCN1CCC2(N3CCOCC3)Oc3c(cc(Cl)cc3[N+](=O)[O-])C=C2C1. The molecule has 0 amide bonds. The van der Waals surface area contributed by atoms with Crippen molar-refractivity contribution < 1.29 is 14.4 Å². The molecule has 2 saturated heterocycles. The number of nitrogens with zero attached hydrogens (tertiary/aromatic N) is 3. The summed E-state index contributed by atoms with van der Waals surface area (Å²) < 4.78 is 12.0. The van der Waals surface area contributed by atoms with Crippen LogP contribution in [-0.4, -0.2) is 66.4 Å². The summed E-state index contributed by atoms with van der Waals surface area (Å²) in [4.78, 5) is 15.8. The van der Waals surface area contributed by atoms with E-state index < -0.39 is 10.6 Å². The molecule has 1 atom stereocenters. The van der Waals surface area contributed by atoms with Crippen LogP contribution in [0.5, 0.6) is 5.75 Å². The molecule has 0 aliphatic carbocycles. The Hall–Kier alpha value is -1.67. The molecule has 1 aromatic rings. The van der Waals surface area contributed by atoms with Crippen LogP contribution in [0.15, 0.2) is 17.7 Å². The van der Waals surface area contributed by atoms with E-state index in [4.69, 9.17) is 21.1 Å². The van der Waals surface area contributed by atoms with Crippen LogP contribution in [0.25, 0.3) is 6.08 Å². The number of benzene rings is 1. The van der Waals surface area contributed by atoms with Crippen molar-refractivity contribution in [3.63, 3.8) is 0 Å². The third-order valence-electron chi connectivity index (χ3n) is 5.49. The van der Waals surface area contributed by atoms with Gasteiger partial charge in [0.15, 0.2) is 5.72 Å². The molecule has 2 fully saturated rings. The van der Waals surface area contributed by atoms with E-state index in [-0.39, 0.29) is 5.69 Å². The smallest absolute Gasteiger partial charge is 0.313 e. The quantitative estimate of drug-likeness (QED) is 0.594. The van der Waals surface area contributed by atoms with Crippen LogP contribution >= 0.6 is 11.6 Å². The standard InChI is InChI=1S/C18H22ClN3O4/c1-2-20-4-3-18(21-5-7-25-8-6-21)14(12-20)9-13-10-15(19)11-16(22(23)24)17(13)26-18/h9-11H,2-8,12H2,1H3. The lowest BCUT2D eigenvalue weighted by molar-refractivity contribution is -0.386. The molecule has 1 unspecified atom stereocenters. The summed E-state index contributed by atoms with van der Waals surface area (Å²) in [5, 5.41) is 11.9. The third kappa shape index (κ3) is 2.89. The van der Waals surface area contributed by atoms with Crippen LogP contribution in [0.1, 0.15) is 18.9 Å². The summed E-state index contributed by atoms with van der Waals surface area (Å²) in [5.41, 5.74) is 1.10. The Morgan fingerprint density at radius 3 is 2.77 bits per heavy atom. The number of piperidine rings is 1. The van der Waals surface area contributed by atoms with Gasteiger partial charge in [0, 0.05) is 54.8 Å². The summed E-state index contributed by atoms with van der Waals surface area (Å²) in [5.74, 6) is 0.319. The molecular weight excluding hydrogens is 358 g/mol. The fraction of sp³-hybridized carbons (Fsp3) is 0.556. The highest BCUT2D eigenvalue weighted by Crippen LogP contribution is 2.47. The first kappa shape index (κ1) is 17.7. The van der Waals surface area contributed by atoms with Crippen LogP contribution in [0, 0.1) is 10.1 Å². The zero-order valence-corrected chi connectivity index (χ0v) is 15.5. The van der Waals surface area contributed by atoms with E-state index in [2.05, 4.69) is 16.7 Å². The van der Waals surface area contributed by atoms with Crippen LogP contribution < -0.4 is 4.74 Å². The van der Waals surface area contributed by atoms with Gasteiger partial charge in [-0.25, -0.2) is 0 Å². The zero-order chi connectivity index (χ0) is 18.3. The molecule has 1 aromatic carbocycles. The number of fused-ring (bicyclic) bond motifs is 2. The van der Waals surface area contributed by atoms with E-state index in [0.717, 1.165) is 44.7 Å². The lowest BCUT2D eigenvalue weighted by Gasteiger charge is -2.52. The topological polar surface area (TPSA) is 68.1 Å². The zero-order valence-electron chi connectivity index (χ0n) is 14.7. The minimum atomic E-state index is -0.638. The Labute approximate surface area is 157 Å². The summed E-state index contributed by atoms with van der Waals surface area (Å²) >= 11 is 6.11. The van der Waals surface area contributed by atoms with Gasteiger partial charge in [-0.3, -0.25) is 19.9 Å². The largest absolute Gasteiger partial charge is 0.461 e. The first-order chi connectivity index (χ1) is 12.5. The van der Waals surface area contributed by atoms with Crippen molar-refractivity contribution in [2.75, 3.05) is 45.9 Å². The van der Waals surface area contributed by atoms with Crippen molar-refractivity contribution in [3.05, 3.63) is 38.4 Å². The fourth-order valence-electron chi connectivity index (χ4n) is 4.12. The van der Waals surface area contributed by atoms with Crippen molar-refractivity contribution in [2.24, 2.45) is 0 Å². The number of likely N-dealkylation sites (tertiary alicyclic amines) is 1. The van der Waals surface area contributed by atoms with Gasteiger partial charge in [0.2, 0.25) is 5.75 Å². The first-order valence-electron chi connectivity index (χ1n) is 8.96. The number of nitro groups is 1. The second-order valence-corrected chi connectivity index (χ2v) is 7.31. The highest BCUT2D eigenvalue weighted by Gasteiger charge is 2.49. The molecule has 0 spiro atoms. The first-order valence-corrected chi connectivity index (χ1v) is 9.34. The number of likely N-dealkylation sites (N-methyl/N-ethyl adjacent to an activating group) is 1. The molecule has 3 aliphatic heterocycles. The molecular formula is C18H22ClN3O4. The third-order valence-corrected chi connectivity index (χ3v) is 5.71. The van der Waals surface area contributed by atoms with E-state index in [1.54, 1.807) is 6.07 Å². The molecule has 4 rings (SSSR count). The molecule has 8 heteroatoms. The number of rotatable bonds is 3. The normalized spacial score (nSPS) is 26.5. The van der Waals surface area contributed by atoms with Crippen LogP contribution in [0.4, 0.5) is 5.69 Å². The summed E-state index contributed by atoms with van der Waals surface area (Å²) in [6.45, 7) is 7.56. The predicted molar refractivity (Wildman–Crippen MR) is 98.6 cm³/mol. The molecule has 7 nitrogen and oxygen atoms in total. The van der Waals surface area contributed by atoms with Gasteiger partial charge in [-0.1, -0.05) is 18.5 Å². The van der Waals surface area contributed by atoms with Crippen LogP contribution in [0.3, 0.4) is 0 Å². The van der Waals surface area contributed by atoms with Gasteiger partial charge < -0.3 is 9.47 Å². The van der Waals surface area contributed by atoms with Gasteiger partial charge in [0.1, 0.15) is 0 Å². The average Bonchev–Trinajstić information content (AvgIpc) is 2.66. The summed E-state index contributed by atoms with van der Waals surface area (Å²) in [6.07, 6.45) is 2.81. The summed E-state index contributed by atoms with van der Waals surface area (Å²) in [7, 11) is 0. The van der Waals surface area contributed by atoms with Crippen LogP contribution in [0.2, 0.25) is 5.02 Å². The number of morpholine rings is 1. The van der Waals surface area contributed by atoms with E-state index in [1.165, 1.54) is 6.07 Å². The Balaban J connectivity index is 1.83. The number of halogens is 1. The molecule has 3 aliphatic rings. The number of nitro benzene ring substituents is 1. The molecule has 0 aromatic heterocycles. The fourth-order valence-corrected chi connectivity index (χ4v) is 4.34. The second kappa shape index (κ2) is 6.81. The molecule has 0 N–H and O–H groups in total. The Bertz CT molecular complexity index is 763. The van der Waals surface area contributed by atoms with E-state index in [9.17, 15) is 10.1 Å². The maximum Gasteiger partial charge on any atom is 0.313 e. The monoisotopic (exact) mass is 379 g/mol. The molecule has 140 valence electrons. The minimum Gasteiger partial charge on any atom is -0.461 e. The Morgan fingerprint density at radius 1 is 1.31 bits per heavy atom. The molecule has 0 radical (unpaired) electrons. The van der Waals surface area contributed by atoms with Crippen molar-refractivity contribution in [1.29, 1.82) is 0 Å². The van der Waals surface area contributed by atoms with Gasteiger partial charge in [0.25, 0.3) is 0 Å². The number of ether oxygens (including phenoxy) is 2. The molecule has 3 heterocycles. The van der Waals surface area contributed by atoms with E-state index >= 15 is 0 Å². The molecule has 26 heavy (non-hydrogen) atoms. The second-order valence-electron chi connectivity index (χ2n) is 6.87. The Kier molecular flexibility index (Phi) is 4.64. The van der Waals surface area contributed by atoms with Crippen LogP contribution in [-0.2, 0) is 4.74 Å². The van der Waals surface area contributed by atoms with Crippen molar-refractivity contribution in [1.82, 2.24) is 9.80 Å². The van der Waals surface area contributed by atoms with Gasteiger partial charge >= 0.3 is 5.69 Å². The van der Waals surface area contributed by atoms with Gasteiger partial charge in [0.05, 0.1) is 18.1 Å². The number of hydrogen-bond donors (Lipinski definition) is 0. The minimum absolute atomic E-state index is 0.0756. The van der Waals surface area contributed by atoms with Gasteiger partial charge in [-0.05, 0) is 18.7 Å². The predicted octanol–water partition coefficient (Wildman–Crippen LogP) is 2.78. The highest BCUT2D eigenvalue weighted by atomic mass is 35.5. The van der Waals surface area contributed by atoms with Crippen molar-refractivity contribution in [3.8, 4) is 5.75 Å². The van der Waals surface area contributed by atoms with E-state index in [0.29, 0.717) is 29.5 Å². The van der Waals surface area contributed by atoms with Crippen molar-refractivity contribution in [2.45, 2.75) is 19.1 Å². The van der Waals surface area contributed by atoms with E-state index in [1.807, 2.05) is 6.08 Å². The highest BCUT2D eigenvalue weighted by molar-refractivity contribution is 6.31. The number of hydrogen-bond acceptors (Lipinski definition) is 6. The molecule has 0 bridgehead atoms. The maximum absolute atomic E-state index is 11.6. The average molecular weight is 380 g/mol. The lowest BCUT2D eigenvalue weighted by atomic mass is 9.87. The van der Waals surface area contributed by atoms with Gasteiger partial charge in [-0.2, -0.15) is 0 Å². The van der Waals surface area contributed by atoms with Gasteiger partial charge in [-0.15, -0.1) is 0 Å². The van der Waals surface area contributed by atoms with Crippen molar-refractivity contribution >= 4 is 23.4 Å². The lowest BCUT2D eigenvalue weighted by Crippen LogP contribution is -2.63. The maximum atomic E-state index is 11.6.